The number of likely N-dealkylation sites (tertiary alicyclic amines) is 1. The van der Waals surface area contributed by atoms with E-state index in [0.717, 1.165) is 58.0 Å². The number of rotatable bonds is 3. The van der Waals surface area contributed by atoms with Gasteiger partial charge in [-0.1, -0.05) is 35.9 Å². The van der Waals surface area contributed by atoms with Gasteiger partial charge in [0.25, 0.3) is 5.56 Å². The van der Waals surface area contributed by atoms with Crippen LogP contribution >= 0.6 is 22.7 Å². The zero-order valence-electron chi connectivity index (χ0n) is 16.6. The summed E-state index contributed by atoms with van der Waals surface area (Å²) in [6, 6.07) is 12.7. The van der Waals surface area contributed by atoms with Gasteiger partial charge in [0.05, 0.1) is 5.39 Å². The molecule has 0 aliphatic carbocycles. The van der Waals surface area contributed by atoms with Crippen LogP contribution in [0.3, 0.4) is 0 Å². The molecule has 0 amide bonds. The normalized spacial score (nSPS) is 15.9. The first kappa shape index (κ1) is 18.7. The number of nitrogens with zero attached hydrogens (tertiary/aromatic N) is 3. The molecule has 4 heterocycles. The van der Waals surface area contributed by atoms with E-state index >= 15 is 0 Å². The van der Waals surface area contributed by atoms with Gasteiger partial charge in [-0.15, -0.1) is 22.7 Å². The molecule has 0 N–H and O–H groups in total. The second-order valence-electron chi connectivity index (χ2n) is 7.82. The number of piperidine rings is 1. The van der Waals surface area contributed by atoms with Crippen LogP contribution in [0.2, 0.25) is 0 Å². The monoisotopic (exact) mass is 421 g/mol. The van der Waals surface area contributed by atoms with E-state index in [-0.39, 0.29) is 11.6 Å². The highest BCUT2D eigenvalue weighted by Crippen LogP contribution is 2.36. The van der Waals surface area contributed by atoms with Crippen LogP contribution in [-0.4, -0.2) is 34.6 Å². The summed E-state index contributed by atoms with van der Waals surface area (Å²) in [6.07, 6.45) is 1.95. The van der Waals surface area contributed by atoms with Gasteiger partial charge in [-0.2, -0.15) is 0 Å². The minimum absolute atomic E-state index is 0.102. The van der Waals surface area contributed by atoms with Crippen molar-refractivity contribution in [3.05, 3.63) is 63.1 Å². The summed E-state index contributed by atoms with van der Waals surface area (Å²) >= 11 is 3.24. The molecular formula is C23H23N3OS2. The standard InChI is InChI=1S/C23H23N3OS2/c1-15-5-7-16(8-6-15)21-24-22-20(18(14-29-22)19-4-3-13-28-19)23(27)26(21)17-9-11-25(2)12-10-17/h3-8,13-14,17H,9-12H2,1-2H3. The first-order valence-corrected chi connectivity index (χ1v) is 11.7. The summed E-state index contributed by atoms with van der Waals surface area (Å²) in [7, 11) is 2.15. The Kier molecular flexibility index (Phi) is 4.86. The predicted molar refractivity (Wildman–Crippen MR) is 123 cm³/mol. The highest BCUT2D eigenvalue weighted by atomic mass is 32.1. The molecule has 1 aromatic carbocycles. The number of hydrogen-bond acceptors (Lipinski definition) is 5. The minimum Gasteiger partial charge on any atom is -0.306 e. The van der Waals surface area contributed by atoms with Crippen LogP contribution < -0.4 is 5.56 Å². The topological polar surface area (TPSA) is 38.1 Å². The Morgan fingerprint density at radius 1 is 1.07 bits per heavy atom. The lowest BCUT2D eigenvalue weighted by Crippen LogP contribution is -2.36. The van der Waals surface area contributed by atoms with E-state index in [1.54, 1.807) is 22.7 Å². The van der Waals surface area contributed by atoms with Crippen LogP contribution in [0.25, 0.3) is 32.0 Å². The van der Waals surface area contributed by atoms with Gasteiger partial charge in [0.15, 0.2) is 0 Å². The van der Waals surface area contributed by atoms with E-state index in [9.17, 15) is 4.79 Å². The summed E-state index contributed by atoms with van der Waals surface area (Å²) < 4.78 is 1.99. The smallest absolute Gasteiger partial charge is 0.263 e. The SMILES string of the molecule is Cc1ccc(-c2nc3scc(-c4cccs4)c3c(=O)n2C2CCN(C)CC2)cc1. The van der Waals surface area contributed by atoms with Gasteiger partial charge in [-0.05, 0) is 51.3 Å². The van der Waals surface area contributed by atoms with E-state index in [0.29, 0.717) is 0 Å². The van der Waals surface area contributed by atoms with Gasteiger partial charge in [-0.25, -0.2) is 4.98 Å². The molecule has 5 rings (SSSR count). The van der Waals surface area contributed by atoms with Crippen molar-refractivity contribution in [1.82, 2.24) is 14.5 Å². The summed E-state index contributed by atoms with van der Waals surface area (Å²) in [5, 5.41) is 4.91. The van der Waals surface area contributed by atoms with Gasteiger partial charge in [-0.3, -0.25) is 9.36 Å². The number of aromatic nitrogens is 2. The van der Waals surface area contributed by atoms with Crippen molar-refractivity contribution in [2.45, 2.75) is 25.8 Å². The molecule has 0 spiro atoms. The van der Waals surface area contributed by atoms with Crippen molar-refractivity contribution in [2.24, 2.45) is 0 Å². The van der Waals surface area contributed by atoms with Gasteiger partial charge in [0, 0.05) is 27.4 Å². The zero-order chi connectivity index (χ0) is 20.0. The van der Waals surface area contributed by atoms with Gasteiger partial charge in [0.1, 0.15) is 10.7 Å². The van der Waals surface area contributed by atoms with Crippen molar-refractivity contribution in [3.8, 4) is 21.8 Å². The van der Waals surface area contributed by atoms with Crippen molar-refractivity contribution in [2.75, 3.05) is 20.1 Å². The second-order valence-corrected chi connectivity index (χ2v) is 9.62. The molecular weight excluding hydrogens is 398 g/mol. The van der Waals surface area contributed by atoms with E-state index < -0.39 is 0 Å². The van der Waals surface area contributed by atoms with E-state index in [1.165, 1.54) is 5.56 Å². The molecule has 0 unspecified atom stereocenters. The van der Waals surface area contributed by atoms with Crippen LogP contribution in [0.4, 0.5) is 0 Å². The Bertz CT molecular complexity index is 1200. The third kappa shape index (κ3) is 3.35. The molecule has 6 heteroatoms. The quantitative estimate of drug-likeness (QED) is 0.443. The average Bonchev–Trinajstić information content (AvgIpc) is 3.39. The van der Waals surface area contributed by atoms with Crippen molar-refractivity contribution in [3.63, 3.8) is 0 Å². The molecule has 0 atom stereocenters. The van der Waals surface area contributed by atoms with Crippen LogP contribution in [0.1, 0.15) is 24.4 Å². The lowest BCUT2D eigenvalue weighted by atomic mass is 10.0. The zero-order valence-corrected chi connectivity index (χ0v) is 18.2. The molecule has 148 valence electrons. The van der Waals surface area contributed by atoms with Crippen LogP contribution in [0, 0.1) is 6.92 Å². The lowest BCUT2D eigenvalue weighted by molar-refractivity contribution is 0.219. The van der Waals surface area contributed by atoms with Crippen LogP contribution in [-0.2, 0) is 0 Å². The fourth-order valence-electron chi connectivity index (χ4n) is 4.11. The summed E-state index contributed by atoms with van der Waals surface area (Å²) in [4.78, 5) is 23.2. The molecule has 1 fully saturated rings. The molecule has 0 saturated carbocycles. The summed E-state index contributed by atoms with van der Waals surface area (Å²) in [5.74, 6) is 0.802. The Morgan fingerprint density at radius 2 is 1.83 bits per heavy atom. The maximum atomic E-state index is 13.9. The molecule has 4 aromatic rings. The average molecular weight is 422 g/mol. The molecule has 29 heavy (non-hydrogen) atoms. The minimum atomic E-state index is 0.102. The fraction of sp³-hybridized carbons (Fsp3) is 0.304. The molecule has 0 radical (unpaired) electrons. The maximum Gasteiger partial charge on any atom is 0.263 e. The maximum absolute atomic E-state index is 13.9. The number of aryl methyl sites for hydroxylation is 1. The number of benzene rings is 1. The van der Waals surface area contributed by atoms with Gasteiger partial charge >= 0.3 is 0 Å². The Morgan fingerprint density at radius 3 is 2.52 bits per heavy atom. The third-order valence-corrected chi connectivity index (χ3v) is 7.56. The number of hydrogen-bond donors (Lipinski definition) is 0. The molecule has 1 aliphatic heterocycles. The number of thiophene rings is 2. The highest BCUT2D eigenvalue weighted by molar-refractivity contribution is 7.18. The molecule has 1 saturated heterocycles. The molecule has 3 aromatic heterocycles. The van der Waals surface area contributed by atoms with Crippen molar-refractivity contribution in [1.29, 1.82) is 0 Å². The lowest BCUT2D eigenvalue weighted by Gasteiger charge is -2.31. The van der Waals surface area contributed by atoms with Crippen molar-refractivity contribution < 1.29 is 0 Å². The first-order valence-electron chi connectivity index (χ1n) is 9.95. The van der Waals surface area contributed by atoms with Crippen molar-refractivity contribution >= 4 is 32.9 Å². The van der Waals surface area contributed by atoms with E-state index in [2.05, 4.69) is 60.0 Å². The Hall–Kier alpha value is -2.28. The Labute approximate surface area is 178 Å². The van der Waals surface area contributed by atoms with Gasteiger partial charge in [0.2, 0.25) is 0 Å². The van der Waals surface area contributed by atoms with Crippen LogP contribution in [0.5, 0.6) is 0 Å². The largest absolute Gasteiger partial charge is 0.306 e. The third-order valence-electron chi connectivity index (χ3n) is 5.79. The van der Waals surface area contributed by atoms with E-state index in [1.807, 2.05) is 10.6 Å². The van der Waals surface area contributed by atoms with Crippen LogP contribution in [0.15, 0.2) is 52.0 Å². The molecule has 4 nitrogen and oxygen atoms in total. The molecule has 0 bridgehead atoms. The fourth-order valence-corrected chi connectivity index (χ4v) is 5.87. The predicted octanol–water partition coefficient (Wildman–Crippen LogP) is 5.43. The van der Waals surface area contributed by atoms with E-state index in [4.69, 9.17) is 4.98 Å². The first-order chi connectivity index (χ1) is 14.1. The summed E-state index contributed by atoms with van der Waals surface area (Å²) in [5.41, 5.74) is 3.35. The molecule has 1 aliphatic rings. The second kappa shape index (κ2) is 7.52. The van der Waals surface area contributed by atoms with Gasteiger partial charge < -0.3 is 4.90 Å². The Balaban J connectivity index is 1.76. The highest BCUT2D eigenvalue weighted by Gasteiger charge is 2.25. The summed E-state index contributed by atoms with van der Waals surface area (Å²) in [6.45, 7) is 4.09. The number of fused-ring (bicyclic) bond motifs is 1.